The molecule has 0 aliphatic rings. The molecule has 2 aromatic carbocycles. The van der Waals surface area contributed by atoms with Gasteiger partial charge >= 0.3 is 6.09 Å². The van der Waals surface area contributed by atoms with Gasteiger partial charge in [0.25, 0.3) is 0 Å². The van der Waals surface area contributed by atoms with Gasteiger partial charge in [-0.05, 0) is 35.4 Å². The Morgan fingerprint density at radius 1 is 1.25 bits per heavy atom. The van der Waals surface area contributed by atoms with E-state index in [2.05, 4.69) is 11.1 Å². The first kappa shape index (κ1) is 16.7. The maximum atomic E-state index is 12.3. The third kappa shape index (κ3) is 3.52. The van der Waals surface area contributed by atoms with E-state index >= 15 is 0 Å². The second-order valence-electron chi connectivity index (χ2n) is 5.09. The van der Waals surface area contributed by atoms with E-state index in [-0.39, 0.29) is 6.67 Å². The normalized spacial score (nSPS) is 10.9. The molecule has 1 N–H and O–H groups in total. The number of nitrogens with zero attached hydrogens (tertiary/aromatic N) is 2. The van der Waals surface area contributed by atoms with Crippen molar-refractivity contribution in [2.24, 2.45) is 0 Å². The molecular weight excluding hydrogens is 347 g/mol. The summed E-state index contributed by atoms with van der Waals surface area (Å²) in [4.78, 5) is 16.6. The van der Waals surface area contributed by atoms with Gasteiger partial charge in [-0.3, -0.25) is 9.29 Å². The lowest BCUT2D eigenvalue weighted by Gasteiger charge is -2.13. The van der Waals surface area contributed by atoms with E-state index < -0.39 is 6.09 Å². The van der Waals surface area contributed by atoms with Gasteiger partial charge in [-0.15, -0.1) is 11.3 Å². The van der Waals surface area contributed by atoms with Crippen LogP contribution < -0.4 is 4.90 Å². The molecule has 0 bridgehead atoms. The Labute approximate surface area is 146 Å². The highest BCUT2D eigenvalue weighted by atomic mass is 32.2. The molecule has 7 heteroatoms. The molecule has 4 nitrogen and oxygen atoms in total. The Bertz CT molecular complexity index is 865. The number of halogens is 1. The van der Waals surface area contributed by atoms with Crippen LogP contribution in [0.3, 0.4) is 0 Å². The molecule has 124 valence electrons. The zero-order chi connectivity index (χ0) is 17.1. The van der Waals surface area contributed by atoms with Crippen molar-refractivity contribution in [3.05, 3.63) is 42.5 Å². The molecule has 0 unspecified atom stereocenters. The van der Waals surface area contributed by atoms with E-state index in [9.17, 15) is 9.18 Å². The Hall–Kier alpha value is -2.12. The molecule has 0 spiro atoms. The molecule has 3 rings (SSSR count). The van der Waals surface area contributed by atoms with E-state index in [0.29, 0.717) is 11.4 Å². The maximum Gasteiger partial charge on any atom is 0.411 e. The number of thiazole rings is 1. The van der Waals surface area contributed by atoms with Gasteiger partial charge in [-0.25, -0.2) is 9.78 Å². The predicted molar refractivity (Wildman–Crippen MR) is 98.2 cm³/mol. The van der Waals surface area contributed by atoms with Gasteiger partial charge in [-0.1, -0.05) is 30.0 Å². The quantitative estimate of drug-likeness (QED) is 0.639. The number of benzene rings is 2. The van der Waals surface area contributed by atoms with E-state index in [0.717, 1.165) is 25.7 Å². The Kier molecular flexibility index (Phi) is 5.01. The van der Waals surface area contributed by atoms with E-state index in [4.69, 9.17) is 5.11 Å². The molecule has 24 heavy (non-hydrogen) atoms. The number of hydrogen-bond acceptors (Lipinski definition) is 4. The van der Waals surface area contributed by atoms with Crippen molar-refractivity contribution in [3.63, 3.8) is 0 Å². The second-order valence-corrected chi connectivity index (χ2v) is 7.46. The highest BCUT2D eigenvalue weighted by Crippen LogP contribution is 2.33. The van der Waals surface area contributed by atoms with Crippen molar-refractivity contribution in [1.82, 2.24) is 4.98 Å². The zero-order valence-corrected chi connectivity index (χ0v) is 14.5. The van der Waals surface area contributed by atoms with Gasteiger partial charge in [0.2, 0.25) is 0 Å². The summed E-state index contributed by atoms with van der Waals surface area (Å²) in [5.74, 6) is 0.422. The highest BCUT2D eigenvalue weighted by Gasteiger charge is 2.09. The first-order valence-corrected chi connectivity index (χ1v) is 9.05. The summed E-state index contributed by atoms with van der Waals surface area (Å²) in [5, 5.41) is 9.00. The van der Waals surface area contributed by atoms with Gasteiger partial charge < -0.3 is 5.11 Å². The van der Waals surface area contributed by atoms with Crippen molar-refractivity contribution in [3.8, 4) is 11.1 Å². The monoisotopic (exact) mass is 362 g/mol. The largest absolute Gasteiger partial charge is 0.465 e. The van der Waals surface area contributed by atoms with E-state index in [1.165, 1.54) is 23.7 Å². The van der Waals surface area contributed by atoms with Gasteiger partial charge in [-0.2, -0.15) is 0 Å². The Balaban J connectivity index is 1.87. The van der Waals surface area contributed by atoms with E-state index in [1.807, 2.05) is 24.3 Å². The molecule has 1 amide bonds. The number of rotatable bonds is 5. The SMILES string of the molecule is CN(C(=O)O)c1ccc(-c2ccc3nc(SCCF)sc3c2)cc1. The van der Waals surface area contributed by atoms with Gasteiger partial charge in [0.05, 0.1) is 16.9 Å². The summed E-state index contributed by atoms with van der Waals surface area (Å²) in [7, 11) is 1.51. The first-order valence-electron chi connectivity index (χ1n) is 7.25. The topological polar surface area (TPSA) is 53.4 Å². The number of fused-ring (bicyclic) bond motifs is 1. The van der Waals surface area contributed by atoms with Crippen molar-refractivity contribution in [1.29, 1.82) is 0 Å². The third-order valence-electron chi connectivity index (χ3n) is 3.55. The molecule has 1 aromatic heterocycles. The van der Waals surface area contributed by atoms with Crippen LogP contribution in [-0.2, 0) is 0 Å². The van der Waals surface area contributed by atoms with Gasteiger partial charge in [0.1, 0.15) is 0 Å². The van der Waals surface area contributed by atoms with Crippen molar-refractivity contribution in [2.45, 2.75) is 4.34 Å². The van der Waals surface area contributed by atoms with Crippen LogP contribution in [0.5, 0.6) is 0 Å². The summed E-state index contributed by atoms with van der Waals surface area (Å²) >= 11 is 2.98. The fourth-order valence-electron chi connectivity index (χ4n) is 2.26. The van der Waals surface area contributed by atoms with Gasteiger partial charge in [0.15, 0.2) is 4.34 Å². The molecule has 0 atom stereocenters. The summed E-state index contributed by atoms with van der Waals surface area (Å²) in [5.41, 5.74) is 3.57. The number of anilines is 1. The minimum absolute atomic E-state index is 0.358. The molecule has 1 heterocycles. The summed E-state index contributed by atoms with van der Waals surface area (Å²) in [6, 6.07) is 13.4. The standard InChI is InChI=1S/C17H15FN2O2S2/c1-20(17(21)22)13-5-2-11(3-6-13)12-4-7-14-15(10-12)24-16(19-14)23-9-8-18/h2-7,10H,8-9H2,1H3,(H,21,22). The molecule has 0 aliphatic carbocycles. The lowest BCUT2D eigenvalue weighted by molar-refractivity contribution is 0.203. The van der Waals surface area contributed by atoms with Gasteiger partial charge in [0, 0.05) is 18.5 Å². The second kappa shape index (κ2) is 7.19. The molecule has 0 saturated carbocycles. The number of thioether (sulfide) groups is 1. The summed E-state index contributed by atoms with van der Waals surface area (Å²) in [6.45, 7) is -0.358. The predicted octanol–water partition coefficient (Wildman–Crippen LogP) is 5.14. The van der Waals surface area contributed by atoms with Crippen molar-refractivity contribution < 1.29 is 14.3 Å². The molecule has 0 radical (unpaired) electrons. The fourth-order valence-corrected chi connectivity index (χ4v) is 4.16. The van der Waals surface area contributed by atoms with Crippen LogP contribution in [0.25, 0.3) is 21.3 Å². The Morgan fingerprint density at radius 2 is 1.96 bits per heavy atom. The molecule has 0 saturated heterocycles. The van der Waals surface area contributed by atoms with Crippen molar-refractivity contribution in [2.75, 3.05) is 24.4 Å². The number of carboxylic acid groups (broad SMARTS) is 1. The number of amides is 1. The maximum absolute atomic E-state index is 12.3. The van der Waals surface area contributed by atoms with Crippen LogP contribution in [0.1, 0.15) is 0 Å². The minimum Gasteiger partial charge on any atom is -0.465 e. The number of carbonyl (C=O) groups is 1. The molecular formula is C17H15FN2O2S2. The fraction of sp³-hybridized carbons (Fsp3) is 0.176. The Morgan fingerprint density at radius 3 is 2.62 bits per heavy atom. The minimum atomic E-state index is -0.993. The average molecular weight is 362 g/mol. The lowest BCUT2D eigenvalue weighted by Crippen LogP contribution is -2.23. The van der Waals surface area contributed by atoms with Crippen LogP contribution in [0, 0.1) is 0 Å². The highest BCUT2D eigenvalue weighted by molar-refractivity contribution is 8.01. The molecule has 3 aromatic rings. The summed E-state index contributed by atoms with van der Waals surface area (Å²) in [6.07, 6.45) is -0.993. The third-order valence-corrected chi connectivity index (χ3v) is 5.66. The zero-order valence-electron chi connectivity index (χ0n) is 12.9. The number of aromatic nitrogens is 1. The number of hydrogen-bond donors (Lipinski definition) is 1. The van der Waals surface area contributed by atoms with Crippen LogP contribution in [0.4, 0.5) is 14.9 Å². The summed E-state index contributed by atoms with van der Waals surface area (Å²) < 4.78 is 14.2. The van der Waals surface area contributed by atoms with Crippen LogP contribution in [-0.4, -0.2) is 35.7 Å². The average Bonchev–Trinajstić information content (AvgIpc) is 3.01. The lowest BCUT2D eigenvalue weighted by atomic mass is 10.1. The smallest absolute Gasteiger partial charge is 0.411 e. The van der Waals surface area contributed by atoms with Crippen molar-refractivity contribution >= 4 is 45.1 Å². The van der Waals surface area contributed by atoms with E-state index in [1.54, 1.807) is 23.5 Å². The molecule has 0 aliphatic heterocycles. The first-order chi connectivity index (χ1) is 11.6. The number of alkyl halides is 1. The van der Waals surface area contributed by atoms with Crippen LogP contribution in [0.2, 0.25) is 0 Å². The van der Waals surface area contributed by atoms with Crippen LogP contribution >= 0.6 is 23.1 Å². The molecule has 0 fully saturated rings. The van der Waals surface area contributed by atoms with Crippen LogP contribution in [0.15, 0.2) is 46.8 Å².